The molecule has 2 atom stereocenters. The number of fused-ring (bicyclic) bond motifs is 1. The number of carbonyl (C=O) groups is 3. The molecule has 218 valence electrons. The Bertz CT molecular complexity index is 1110. The Morgan fingerprint density at radius 2 is 1.69 bits per heavy atom. The Labute approximate surface area is 230 Å². The fourth-order valence-corrected chi connectivity index (χ4v) is 6.68. The third-order valence-corrected chi connectivity index (χ3v) is 8.74. The van der Waals surface area contributed by atoms with E-state index in [1.54, 1.807) is 0 Å². The molecule has 1 fully saturated rings. The highest BCUT2D eigenvalue weighted by molar-refractivity contribution is 7.88. The lowest BCUT2D eigenvalue weighted by molar-refractivity contribution is -0.144. The third-order valence-electron chi connectivity index (χ3n) is 8.03. The Morgan fingerprint density at radius 3 is 2.21 bits per heavy atom. The molecule has 11 nitrogen and oxygen atoms in total. The van der Waals surface area contributed by atoms with Crippen LogP contribution in [0.25, 0.3) is 0 Å². The summed E-state index contributed by atoms with van der Waals surface area (Å²) in [5.74, 6) is -3.07. The molecule has 2 amide bonds. The number of hydrogen-bond acceptors (Lipinski definition) is 7. The number of aliphatic hydroxyl groups is 1. The van der Waals surface area contributed by atoms with Gasteiger partial charge in [0.15, 0.2) is 0 Å². The third kappa shape index (κ3) is 8.23. The Balaban J connectivity index is 1.70. The topological polar surface area (TPSA) is 188 Å². The number of sulfonamides is 1. The van der Waals surface area contributed by atoms with Crippen LogP contribution in [0, 0.1) is 11.3 Å². The molecule has 0 spiro atoms. The fourth-order valence-electron chi connectivity index (χ4n) is 5.94. The molecule has 7 N–H and O–H groups in total. The molecule has 0 radical (unpaired) electrons. The van der Waals surface area contributed by atoms with Crippen molar-refractivity contribution < 1.29 is 33.0 Å². The lowest BCUT2D eigenvalue weighted by Gasteiger charge is -2.36. The van der Waals surface area contributed by atoms with E-state index in [1.165, 1.54) is 0 Å². The van der Waals surface area contributed by atoms with Gasteiger partial charge in [-0.3, -0.25) is 14.4 Å². The highest BCUT2D eigenvalue weighted by atomic mass is 32.2. The predicted octanol–water partition coefficient (Wildman–Crippen LogP) is 0.447. The van der Waals surface area contributed by atoms with Crippen molar-refractivity contribution in [2.75, 3.05) is 26.0 Å². The number of aliphatic hydroxyl groups excluding tert-OH is 1. The molecule has 1 aromatic carbocycles. The van der Waals surface area contributed by atoms with E-state index in [0.29, 0.717) is 45.1 Å². The molecule has 12 heteroatoms. The van der Waals surface area contributed by atoms with Crippen molar-refractivity contribution in [1.82, 2.24) is 15.4 Å². The number of unbranched alkanes of at least 4 members (excludes halogenated alkanes) is 1. The van der Waals surface area contributed by atoms with Gasteiger partial charge < -0.3 is 26.6 Å². The molecular weight excluding hydrogens is 524 g/mol. The van der Waals surface area contributed by atoms with Crippen LogP contribution in [0.15, 0.2) is 24.3 Å². The normalized spacial score (nSPS) is 19.2. The summed E-state index contributed by atoms with van der Waals surface area (Å²) in [5.41, 5.74) is 5.88. The molecule has 1 aromatic rings. The van der Waals surface area contributed by atoms with Gasteiger partial charge in [0.05, 0.1) is 29.7 Å². The zero-order valence-corrected chi connectivity index (χ0v) is 23.4. The molecule has 0 heterocycles. The zero-order chi connectivity index (χ0) is 28.7. The number of aliphatic carboxylic acids is 1. The molecule has 2 aliphatic carbocycles. The van der Waals surface area contributed by atoms with Gasteiger partial charge in [-0.15, -0.1) is 0 Å². The van der Waals surface area contributed by atoms with E-state index in [4.69, 9.17) is 5.73 Å². The summed E-state index contributed by atoms with van der Waals surface area (Å²) in [6.07, 6.45) is 5.94. The second-order valence-corrected chi connectivity index (χ2v) is 13.0. The standard InChI is InChI=1S/C27H42N4O7S/c1-39(37,38)31-22(10-4-7-13-28)23(33)29-17-21(24(34)35)14-26(11-5-6-12-26)25(36)30-27(18-32)15-19-8-2-3-9-20(19)16-27/h2-3,8-9,21-22,31-32H,4-7,10-18,28H2,1H3,(H,29,33)(H,30,36)(H,34,35)/t21-,22-/m0/s1. The molecular formula is C27H42N4O7S. The van der Waals surface area contributed by atoms with E-state index in [1.807, 2.05) is 24.3 Å². The molecule has 0 aromatic heterocycles. The number of carboxylic acid groups (broad SMARTS) is 1. The number of benzene rings is 1. The number of carboxylic acids is 1. The van der Waals surface area contributed by atoms with Crippen LogP contribution in [-0.2, 0) is 37.2 Å². The van der Waals surface area contributed by atoms with Crippen molar-refractivity contribution in [1.29, 1.82) is 0 Å². The van der Waals surface area contributed by atoms with Crippen molar-refractivity contribution >= 4 is 27.8 Å². The Hall–Kier alpha value is -2.54. The molecule has 0 saturated heterocycles. The number of carbonyl (C=O) groups excluding carboxylic acids is 2. The van der Waals surface area contributed by atoms with Gasteiger partial charge in [0.2, 0.25) is 21.8 Å². The Kier molecular flexibility index (Phi) is 10.5. The second kappa shape index (κ2) is 13.2. The quantitative estimate of drug-likeness (QED) is 0.165. The molecule has 3 rings (SSSR count). The molecule has 0 bridgehead atoms. The zero-order valence-electron chi connectivity index (χ0n) is 22.6. The molecule has 0 unspecified atom stereocenters. The van der Waals surface area contributed by atoms with Crippen LogP contribution in [0.3, 0.4) is 0 Å². The van der Waals surface area contributed by atoms with Gasteiger partial charge in [-0.1, -0.05) is 43.5 Å². The van der Waals surface area contributed by atoms with Crippen LogP contribution in [0.1, 0.15) is 62.5 Å². The van der Waals surface area contributed by atoms with Gasteiger partial charge >= 0.3 is 5.97 Å². The number of hydrogen-bond donors (Lipinski definition) is 6. The summed E-state index contributed by atoms with van der Waals surface area (Å²) in [7, 11) is -3.67. The average molecular weight is 567 g/mol. The Morgan fingerprint density at radius 1 is 1.08 bits per heavy atom. The summed E-state index contributed by atoms with van der Waals surface area (Å²) in [6.45, 7) is -0.0679. The van der Waals surface area contributed by atoms with Crippen molar-refractivity contribution in [3.8, 4) is 0 Å². The van der Waals surface area contributed by atoms with E-state index in [-0.39, 0.29) is 31.9 Å². The first-order valence-corrected chi connectivity index (χ1v) is 15.5. The number of rotatable bonds is 15. The van der Waals surface area contributed by atoms with Gasteiger partial charge in [-0.2, -0.15) is 0 Å². The van der Waals surface area contributed by atoms with Crippen LogP contribution >= 0.6 is 0 Å². The van der Waals surface area contributed by atoms with Gasteiger partial charge in [0.25, 0.3) is 0 Å². The minimum absolute atomic E-state index is 0.0280. The van der Waals surface area contributed by atoms with Gasteiger partial charge in [0.1, 0.15) is 6.04 Å². The lowest BCUT2D eigenvalue weighted by atomic mass is 9.76. The second-order valence-electron chi connectivity index (χ2n) is 11.2. The molecule has 0 aliphatic heterocycles. The monoisotopic (exact) mass is 566 g/mol. The highest BCUT2D eigenvalue weighted by Gasteiger charge is 2.48. The van der Waals surface area contributed by atoms with Gasteiger partial charge in [0, 0.05) is 6.54 Å². The fraction of sp³-hybridized carbons (Fsp3) is 0.667. The lowest BCUT2D eigenvalue weighted by Crippen LogP contribution is -2.57. The van der Waals surface area contributed by atoms with Crippen LogP contribution in [0.5, 0.6) is 0 Å². The van der Waals surface area contributed by atoms with Crippen LogP contribution in [-0.4, -0.2) is 73.9 Å². The van der Waals surface area contributed by atoms with E-state index in [0.717, 1.165) is 30.2 Å². The molecule has 2 aliphatic rings. The minimum Gasteiger partial charge on any atom is -0.481 e. The largest absolute Gasteiger partial charge is 0.481 e. The van der Waals surface area contributed by atoms with E-state index < -0.39 is 44.8 Å². The van der Waals surface area contributed by atoms with E-state index >= 15 is 0 Å². The summed E-state index contributed by atoms with van der Waals surface area (Å²) in [4.78, 5) is 38.8. The highest BCUT2D eigenvalue weighted by Crippen LogP contribution is 2.44. The van der Waals surface area contributed by atoms with Gasteiger partial charge in [-0.05, 0) is 62.6 Å². The minimum atomic E-state index is -3.67. The maximum Gasteiger partial charge on any atom is 0.308 e. The van der Waals surface area contributed by atoms with Crippen LogP contribution in [0.4, 0.5) is 0 Å². The van der Waals surface area contributed by atoms with E-state index in [2.05, 4.69) is 15.4 Å². The van der Waals surface area contributed by atoms with Crippen LogP contribution < -0.4 is 21.1 Å². The number of nitrogens with two attached hydrogens (primary N) is 1. The first-order chi connectivity index (χ1) is 18.4. The first kappa shape index (κ1) is 31.0. The van der Waals surface area contributed by atoms with Crippen LogP contribution in [0.2, 0.25) is 0 Å². The van der Waals surface area contributed by atoms with Crippen molar-refractivity contribution in [2.45, 2.75) is 75.8 Å². The predicted molar refractivity (Wildman–Crippen MR) is 146 cm³/mol. The van der Waals surface area contributed by atoms with Crippen molar-refractivity contribution in [3.63, 3.8) is 0 Å². The first-order valence-electron chi connectivity index (χ1n) is 13.6. The summed E-state index contributed by atoms with van der Waals surface area (Å²) < 4.78 is 25.8. The number of nitrogens with one attached hydrogen (secondary N) is 3. The van der Waals surface area contributed by atoms with E-state index in [9.17, 15) is 33.0 Å². The van der Waals surface area contributed by atoms with Crippen molar-refractivity contribution in [2.24, 2.45) is 17.1 Å². The summed E-state index contributed by atoms with van der Waals surface area (Å²) >= 11 is 0. The van der Waals surface area contributed by atoms with Crippen molar-refractivity contribution in [3.05, 3.63) is 35.4 Å². The van der Waals surface area contributed by atoms with Gasteiger partial charge in [-0.25, -0.2) is 13.1 Å². The molecule has 1 saturated carbocycles. The maximum atomic E-state index is 13.8. The molecule has 39 heavy (non-hydrogen) atoms. The summed E-state index contributed by atoms with van der Waals surface area (Å²) in [6, 6.07) is 6.77. The smallest absolute Gasteiger partial charge is 0.308 e. The maximum absolute atomic E-state index is 13.8. The SMILES string of the molecule is CS(=O)(=O)N[C@@H](CCCCN)C(=O)NC[C@H](CC1(C(=O)NC2(CO)Cc3ccccc3C2)CCCC1)C(=O)O. The summed E-state index contributed by atoms with van der Waals surface area (Å²) in [5, 5.41) is 26.0. The average Bonchev–Trinajstić information content (AvgIpc) is 3.50. The number of amides is 2.